The van der Waals surface area contributed by atoms with Crippen LogP contribution in [0, 0.1) is 12.8 Å². The molecule has 206 valence electrons. The average molecular weight is 553 g/mol. The predicted molar refractivity (Wildman–Crippen MR) is 151 cm³/mol. The van der Waals surface area contributed by atoms with Crippen LogP contribution in [0.15, 0.2) is 48.7 Å². The number of aryl methyl sites for hydroxylation is 1. The van der Waals surface area contributed by atoms with Gasteiger partial charge in [0.25, 0.3) is 6.43 Å². The zero-order valence-corrected chi connectivity index (χ0v) is 23.1. The lowest BCUT2D eigenvalue weighted by molar-refractivity contribution is -0.133. The number of carbonyl (C=O) groups excluding carboxylic acids is 1. The Labute approximate surface area is 233 Å². The van der Waals surface area contributed by atoms with E-state index in [-0.39, 0.29) is 11.7 Å². The van der Waals surface area contributed by atoms with Crippen molar-refractivity contribution < 1.29 is 13.6 Å². The van der Waals surface area contributed by atoms with Crippen molar-refractivity contribution >= 4 is 23.2 Å². The van der Waals surface area contributed by atoms with Crippen molar-refractivity contribution in [2.24, 2.45) is 5.92 Å². The Morgan fingerprint density at radius 3 is 2.44 bits per heavy atom. The third-order valence-electron chi connectivity index (χ3n) is 8.70. The van der Waals surface area contributed by atoms with E-state index < -0.39 is 6.43 Å². The minimum atomic E-state index is -2.55. The molecule has 2 aromatic carbocycles. The summed E-state index contributed by atoms with van der Waals surface area (Å²) in [6, 6.07) is 14.6. The van der Waals surface area contributed by atoms with Gasteiger partial charge < -0.3 is 9.80 Å². The minimum absolute atomic E-state index is 0.0199. The van der Waals surface area contributed by atoms with E-state index in [4.69, 9.17) is 11.6 Å². The van der Waals surface area contributed by atoms with Crippen LogP contribution in [0.25, 0.3) is 11.1 Å². The van der Waals surface area contributed by atoms with Gasteiger partial charge in [0, 0.05) is 48.4 Å². The second-order valence-electron chi connectivity index (χ2n) is 11.4. The van der Waals surface area contributed by atoms with Gasteiger partial charge in [-0.25, -0.2) is 8.78 Å². The smallest absolute Gasteiger partial charge is 0.280 e. The van der Waals surface area contributed by atoms with Gasteiger partial charge in [-0.3, -0.25) is 9.48 Å². The number of halogens is 3. The largest absolute Gasteiger partial charge is 0.369 e. The second-order valence-corrected chi connectivity index (χ2v) is 11.8. The summed E-state index contributed by atoms with van der Waals surface area (Å²) in [6.45, 7) is 4.83. The fourth-order valence-electron chi connectivity index (χ4n) is 6.36. The van der Waals surface area contributed by atoms with Gasteiger partial charge in [-0.2, -0.15) is 5.10 Å². The number of amides is 1. The fourth-order valence-corrected chi connectivity index (χ4v) is 6.53. The molecule has 1 aromatic heterocycles. The lowest BCUT2D eigenvalue weighted by atomic mass is 9.88. The molecule has 8 heteroatoms. The van der Waals surface area contributed by atoms with Gasteiger partial charge in [0.2, 0.25) is 5.91 Å². The number of carbonyl (C=O) groups is 1. The van der Waals surface area contributed by atoms with Gasteiger partial charge in [0.15, 0.2) is 0 Å². The highest BCUT2D eigenvalue weighted by Gasteiger charge is 2.35. The van der Waals surface area contributed by atoms with E-state index in [1.807, 2.05) is 12.1 Å². The van der Waals surface area contributed by atoms with Crippen LogP contribution in [0.5, 0.6) is 0 Å². The Kier molecular flexibility index (Phi) is 7.36. The van der Waals surface area contributed by atoms with Crippen LogP contribution in [0.1, 0.15) is 73.7 Å². The van der Waals surface area contributed by atoms with Crippen molar-refractivity contribution in [2.75, 3.05) is 31.1 Å². The molecule has 2 aliphatic heterocycles. The summed E-state index contributed by atoms with van der Waals surface area (Å²) in [5.41, 5.74) is 5.09. The zero-order valence-electron chi connectivity index (χ0n) is 22.3. The molecule has 1 atom stereocenters. The first-order valence-electron chi connectivity index (χ1n) is 14.1. The first-order valence-corrected chi connectivity index (χ1v) is 14.5. The molecule has 0 radical (unpaired) electrons. The number of likely N-dealkylation sites (tertiary alicyclic amines) is 1. The lowest BCUT2D eigenvalue weighted by Gasteiger charge is -2.36. The zero-order chi connectivity index (χ0) is 27.1. The number of alkyl halides is 2. The van der Waals surface area contributed by atoms with Crippen LogP contribution in [-0.2, 0) is 4.79 Å². The third kappa shape index (κ3) is 5.43. The van der Waals surface area contributed by atoms with Crippen LogP contribution in [0.3, 0.4) is 0 Å². The summed E-state index contributed by atoms with van der Waals surface area (Å²) in [4.78, 5) is 16.7. The van der Waals surface area contributed by atoms with Crippen LogP contribution in [-0.4, -0.2) is 46.8 Å². The molecule has 0 spiro atoms. The summed E-state index contributed by atoms with van der Waals surface area (Å²) in [5, 5.41) is 4.98. The summed E-state index contributed by atoms with van der Waals surface area (Å²) in [6.07, 6.45) is 4.83. The van der Waals surface area contributed by atoms with Gasteiger partial charge in [-0.1, -0.05) is 41.9 Å². The predicted octanol–water partition coefficient (Wildman–Crippen LogP) is 7.41. The molecule has 3 aromatic rings. The maximum absolute atomic E-state index is 13.8. The van der Waals surface area contributed by atoms with E-state index in [0.29, 0.717) is 34.9 Å². The van der Waals surface area contributed by atoms with E-state index >= 15 is 0 Å². The Morgan fingerprint density at radius 1 is 1.00 bits per heavy atom. The second kappa shape index (κ2) is 10.9. The van der Waals surface area contributed by atoms with Gasteiger partial charge in [-0.05, 0) is 80.2 Å². The SMILES string of the molecule is Cc1cnn(C2CCCN(c3cc(Cl)ccc3-c3ccc(C4CCN(C(=O)C5CC5)CC4)cc3)C2)c1C(F)F. The number of piperidine rings is 2. The number of anilines is 1. The molecule has 2 saturated heterocycles. The van der Waals surface area contributed by atoms with E-state index in [1.165, 1.54) is 10.2 Å². The Morgan fingerprint density at radius 2 is 1.74 bits per heavy atom. The lowest BCUT2D eigenvalue weighted by Crippen LogP contribution is -2.38. The topological polar surface area (TPSA) is 41.4 Å². The van der Waals surface area contributed by atoms with E-state index in [9.17, 15) is 13.6 Å². The summed E-state index contributed by atoms with van der Waals surface area (Å²) >= 11 is 6.46. The molecule has 0 N–H and O–H groups in total. The molecular formula is C31H35ClF2N4O. The Balaban J connectivity index is 1.20. The molecule has 3 fully saturated rings. The van der Waals surface area contributed by atoms with Gasteiger partial charge in [0.05, 0.1) is 12.2 Å². The molecule has 6 rings (SSSR count). The summed E-state index contributed by atoms with van der Waals surface area (Å²) in [5.74, 6) is 1.11. The van der Waals surface area contributed by atoms with Gasteiger partial charge >= 0.3 is 0 Å². The number of benzene rings is 2. The van der Waals surface area contributed by atoms with Gasteiger partial charge in [-0.15, -0.1) is 0 Å². The van der Waals surface area contributed by atoms with Crippen LogP contribution in [0.4, 0.5) is 14.5 Å². The van der Waals surface area contributed by atoms with E-state index in [2.05, 4.69) is 45.2 Å². The minimum Gasteiger partial charge on any atom is -0.369 e. The normalized spacial score (nSPS) is 20.6. The molecule has 39 heavy (non-hydrogen) atoms. The van der Waals surface area contributed by atoms with Crippen LogP contribution in [0.2, 0.25) is 5.02 Å². The maximum Gasteiger partial charge on any atom is 0.280 e. The van der Waals surface area contributed by atoms with Crippen molar-refractivity contribution in [3.05, 3.63) is 70.5 Å². The Bertz CT molecular complexity index is 1330. The number of hydrogen-bond acceptors (Lipinski definition) is 3. The molecule has 1 aliphatic carbocycles. The highest BCUT2D eigenvalue weighted by molar-refractivity contribution is 6.31. The highest BCUT2D eigenvalue weighted by atomic mass is 35.5. The molecule has 1 amide bonds. The average Bonchev–Trinajstić information content (AvgIpc) is 3.73. The van der Waals surface area contributed by atoms with E-state index in [1.54, 1.807) is 13.1 Å². The molecule has 1 unspecified atom stereocenters. The number of nitrogens with zero attached hydrogens (tertiary/aromatic N) is 4. The van der Waals surface area contributed by atoms with Crippen molar-refractivity contribution in [3.8, 4) is 11.1 Å². The van der Waals surface area contributed by atoms with Gasteiger partial charge in [0.1, 0.15) is 5.69 Å². The molecule has 3 aliphatic rings. The molecule has 5 nitrogen and oxygen atoms in total. The van der Waals surface area contributed by atoms with Crippen molar-refractivity contribution in [1.82, 2.24) is 14.7 Å². The van der Waals surface area contributed by atoms with E-state index in [0.717, 1.165) is 75.0 Å². The number of hydrogen-bond donors (Lipinski definition) is 0. The molecule has 0 bridgehead atoms. The first-order chi connectivity index (χ1) is 18.9. The summed E-state index contributed by atoms with van der Waals surface area (Å²) in [7, 11) is 0. The quantitative estimate of drug-likeness (QED) is 0.320. The van der Waals surface area contributed by atoms with Crippen LogP contribution >= 0.6 is 11.6 Å². The highest BCUT2D eigenvalue weighted by Crippen LogP contribution is 2.39. The fraction of sp³-hybridized carbons (Fsp3) is 0.484. The van der Waals surface area contributed by atoms with Crippen molar-refractivity contribution in [1.29, 1.82) is 0 Å². The molecular weight excluding hydrogens is 518 g/mol. The standard InChI is InChI=1S/C31H35ClF2N4O/c1-20-18-35-38(29(20)30(33)34)26-3-2-14-37(19-26)28-17-25(32)10-11-27(28)23-6-4-21(5-7-23)22-12-15-36(16-13-22)31(39)24-8-9-24/h4-7,10-11,17-18,22,24,26,30H,2-3,8-9,12-16,19H2,1H3. The number of rotatable bonds is 6. The number of aromatic nitrogens is 2. The first kappa shape index (κ1) is 26.3. The van der Waals surface area contributed by atoms with Crippen molar-refractivity contribution in [2.45, 2.75) is 63.8 Å². The third-order valence-corrected chi connectivity index (χ3v) is 8.94. The molecule has 3 heterocycles. The Hall–Kier alpha value is -2.93. The van der Waals surface area contributed by atoms with Crippen molar-refractivity contribution in [3.63, 3.8) is 0 Å². The molecule has 1 saturated carbocycles. The summed E-state index contributed by atoms with van der Waals surface area (Å²) < 4.78 is 29.1. The van der Waals surface area contributed by atoms with Crippen LogP contribution < -0.4 is 4.90 Å². The maximum atomic E-state index is 13.8. The monoisotopic (exact) mass is 552 g/mol.